The molecule has 0 aliphatic rings. The van der Waals surface area contributed by atoms with Crippen LogP contribution in [0, 0.1) is 5.92 Å². The van der Waals surface area contributed by atoms with E-state index in [9.17, 15) is 9.59 Å². The molecular weight excluding hydrogens is 349 g/mol. The smallest absolute Gasteiger partial charge is 0.252 e. The summed E-state index contributed by atoms with van der Waals surface area (Å²) in [5.41, 5.74) is 0.943. The van der Waals surface area contributed by atoms with Crippen molar-refractivity contribution in [2.75, 3.05) is 25.0 Å². The molecule has 0 saturated carbocycles. The van der Waals surface area contributed by atoms with E-state index in [1.807, 2.05) is 13.8 Å². The van der Waals surface area contributed by atoms with Crippen LogP contribution < -0.4 is 16.0 Å². The van der Waals surface area contributed by atoms with Gasteiger partial charge in [0.25, 0.3) is 5.91 Å². The first kappa shape index (κ1) is 22.7. The number of anilines is 1. The fraction of sp³-hybridized carbons (Fsp3) is 0.529. The second kappa shape index (κ2) is 12.1. The summed E-state index contributed by atoms with van der Waals surface area (Å²) in [6.07, 6.45) is 1.49. The van der Waals surface area contributed by atoms with E-state index in [-0.39, 0.29) is 30.1 Å². The summed E-state index contributed by atoms with van der Waals surface area (Å²) < 4.78 is 0. The van der Waals surface area contributed by atoms with Crippen LogP contribution in [0.15, 0.2) is 18.2 Å². The second-order valence-electron chi connectivity index (χ2n) is 5.85. The molecule has 3 N–H and O–H groups in total. The number of hydrogen-bond donors (Lipinski definition) is 3. The van der Waals surface area contributed by atoms with Crippen LogP contribution in [0.3, 0.4) is 0 Å². The molecule has 2 amide bonds. The van der Waals surface area contributed by atoms with Gasteiger partial charge < -0.3 is 16.0 Å². The minimum Gasteiger partial charge on any atom is -0.351 e. The van der Waals surface area contributed by atoms with Crippen molar-refractivity contribution in [1.82, 2.24) is 10.6 Å². The minimum absolute atomic E-state index is 0. The molecule has 0 aliphatic heterocycles. The largest absolute Gasteiger partial charge is 0.351 e. The van der Waals surface area contributed by atoms with E-state index >= 15 is 0 Å². The summed E-state index contributed by atoms with van der Waals surface area (Å²) in [5.74, 6) is -0.0357. The predicted octanol–water partition coefficient (Wildman–Crippen LogP) is 3.48. The number of benzene rings is 1. The topological polar surface area (TPSA) is 70.2 Å². The van der Waals surface area contributed by atoms with Crippen molar-refractivity contribution >= 4 is 41.5 Å². The number of nitrogens with one attached hydrogen (secondary N) is 3. The Morgan fingerprint density at radius 2 is 1.88 bits per heavy atom. The van der Waals surface area contributed by atoms with Crippen molar-refractivity contribution < 1.29 is 9.59 Å². The van der Waals surface area contributed by atoms with E-state index < -0.39 is 0 Å². The normalized spacial score (nSPS) is 10.2. The van der Waals surface area contributed by atoms with Crippen LogP contribution in [0.5, 0.6) is 0 Å². The van der Waals surface area contributed by atoms with E-state index in [2.05, 4.69) is 22.9 Å². The quantitative estimate of drug-likeness (QED) is 0.578. The van der Waals surface area contributed by atoms with Crippen LogP contribution in [-0.2, 0) is 4.79 Å². The van der Waals surface area contributed by atoms with Gasteiger partial charge in [0.15, 0.2) is 0 Å². The Labute approximate surface area is 155 Å². The maximum atomic E-state index is 12.2. The molecule has 0 saturated heterocycles. The van der Waals surface area contributed by atoms with Gasteiger partial charge >= 0.3 is 0 Å². The SMILES string of the molecule is CCCNCCNC(=O)c1cc(NC(=O)CC(C)C)ccc1Cl.Cl. The maximum absolute atomic E-state index is 12.2. The molecule has 0 aliphatic carbocycles. The highest BCUT2D eigenvalue weighted by Crippen LogP contribution is 2.21. The standard InChI is InChI=1S/C17H26ClN3O2.ClH/c1-4-7-19-8-9-20-17(23)14-11-13(5-6-15(14)18)21-16(22)10-12(2)3;/h5-6,11-12,19H,4,7-10H2,1-3H3,(H,20,23)(H,21,22);1H. The summed E-state index contributed by atoms with van der Waals surface area (Å²) in [4.78, 5) is 24.0. The zero-order valence-corrected chi connectivity index (χ0v) is 16.0. The lowest BCUT2D eigenvalue weighted by Crippen LogP contribution is -2.32. The first-order valence-electron chi connectivity index (χ1n) is 8.02. The van der Waals surface area contributed by atoms with E-state index in [0.717, 1.165) is 13.0 Å². The third-order valence-electron chi connectivity index (χ3n) is 3.10. The fourth-order valence-electron chi connectivity index (χ4n) is 2.02. The summed E-state index contributed by atoms with van der Waals surface area (Å²) in [5, 5.41) is 9.18. The third-order valence-corrected chi connectivity index (χ3v) is 3.43. The second-order valence-corrected chi connectivity index (χ2v) is 6.25. The Morgan fingerprint density at radius 1 is 1.17 bits per heavy atom. The predicted molar refractivity (Wildman–Crippen MR) is 102 cm³/mol. The third kappa shape index (κ3) is 8.52. The zero-order valence-electron chi connectivity index (χ0n) is 14.4. The first-order valence-corrected chi connectivity index (χ1v) is 8.40. The van der Waals surface area contributed by atoms with Crippen molar-refractivity contribution in [2.45, 2.75) is 33.6 Å². The summed E-state index contributed by atoms with van der Waals surface area (Å²) >= 11 is 6.09. The Morgan fingerprint density at radius 3 is 2.50 bits per heavy atom. The van der Waals surface area contributed by atoms with Crippen molar-refractivity contribution in [3.63, 3.8) is 0 Å². The molecule has 5 nitrogen and oxygen atoms in total. The highest BCUT2D eigenvalue weighted by Gasteiger charge is 2.12. The van der Waals surface area contributed by atoms with Gasteiger partial charge in [-0.1, -0.05) is 32.4 Å². The molecule has 7 heteroatoms. The van der Waals surface area contributed by atoms with Gasteiger partial charge in [0.05, 0.1) is 10.6 Å². The highest BCUT2D eigenvalue weighted by atomic mass is 35.5. The molecular formula is C17H27Cl2N3O2. The van der Waals surface area contributed by atoms with Crippen LogP contribution in [0.1, 0.15) is 44.0 Å². The zero-order chi connectivity index (χ0) is 17.2. The lowest BCUT2D eigenvalue weighted by molar-refractivity contribution is -0.116. The molecule has 24 heavy (non-hydrogen) atoms. The number of carbonyl (C=O) groups is 2. The number of carbonyl (C=O) groups excluding carboxylic acids is 2. The van der Waals surface area contributed by atoms with Crippen molar-refractivity contribution in [2.24, 2.45) is 5.92 Å². The Kier molecular flexibility index (Phi) is 11.5. The van der Waals surface area contributed by atoms with Gasteiger partial charge in [-0.15, -0.1) is 12.4 Å². The van der Waals surface area contributed by atoms with Crippen LogP contribution in [0.2, 0.25) is 5.02 Å². The lowest BCUT2D eigenvalue weighted by atomic mass is 10.1. The minimum atomic E-state index is -0.242. The maximum Gasteiger partial charge on any atom is 0.252 e. The van der Waals surface area contributed by atoms with Gasteiger partial charge in [-0.25, -0.2) is 0 Å². The molecule has 0 unspecified atom stereocenters. The molecule has 1 rings (SSSR count). The van der Waals surface area contributed by atoms with Crippen molar-refractivity contribution in [3.05, 3.63) is 28.8 Å². The van der Waals surface area contributed by atoms with Gasteiger partial charge in [0.1, 0.15) is 0 Å². The van der Waals surface area contributed by atoms with Gasteiger partial charge in [0.2, 0.25) is 5.91 Å². The molecule has 0 atom stereocenters. The molecule has 1 aromatic rings. The molecule has 0 fully saturated rings. The highest BCUT2D eigenvalue weighted by molar-refractivity contribution is 6.34. The fourth-order valence-corrected chi connectivity index (χ4v) is 2.22. The molecule has 136 valence electrons. The Bertz CT molecular complexity index is 537. The Hall–Kier alpha value is -1.30. The molecule has 0 spiro atoms. The monoisotopic (exact) mass is 375 g/mol. The summed E-state index contributed by atoms with van der Waals surface area (Å²) in [6.45, 7) is 8.21. The average molecular weight is 376 g/mol. The van der Waals surface area contributed by atoms with E-state index in [1.165, 1.54) is 0 Å². The van der Waals surface area contributed by atoms with Crippen molar-refractivity contribution in [1.29, 1.82) is 0 Å². The number of rotatable bonds is 9. The average Bonchev–Trinajstić information content (AvgIpc) is 2.48. The molecule has 0 aromatic heterocycles. The number of hydrogen-bond acceptors (Lipinski definition) is 3. The molecule has 0 heterocycles. The van der Waals surface area contributed by atoms with Crippen LogP contribution in [-0.4, -0.2) is 31.4 Å². The molecule has 1 aromatic carbocycles. The van der Waals surface area contributed by atoms with Crippen molar-refractivity contribution in [3.8, 4) is 0 Å². The van der Waals surface area contributed by atoms with Gasteiger partial charge in [-0.3, -0.25) is 9.59 Å². The lowest BCUT2D eigenvalue weighted by Gasteiger charge is -2.11. The molecule has 0 bridgehead atoms. The van der Waals surface area contributed by atoms with Crippen LogP contribution in [0.25, 0.3) is 0 Å². The van der Waals surface area contributed by atoms with Gasteiger partial charge in [0, 0.05) is 25.2 Å². The van der Waals surface area contributed by atoms with Gasteiger partial charge in [-0.05, 0) is 37.1 Å². The summed E-state index contributed by atoms with van der Waals surface area (Å²) in [6, 6.07) is 4.92. The van der Waals surface area contributed by atoms with E-state index in [1.54, 1.807) is 18.2 Å². The van der Waals surface area contributed by atoms with Crippen LogP contribution >= 0.6 is 24.0 Å². The van der Waals surface area contributed by atoms with E-state index in [4.69, 9.17) is 11.6 Å². The van der Waals surface area contributed by atoms with Gasteiger partial charge in [-0.2, -0.15) is 0 Å². The number of halogens is 2. The Balaban J connectivity index is 0.00000529. The van der Waals surface area contributed by atoms with Crippen LogP contribution in [0.4, 0.5) is 5.69 Å². The number of amides is 2. The van der Waals surface area contributed by atoms with E-state index in [0.29, 0.717) is 35.8 Å². The first-order chi connectivity index (χ1) is 10.9. The molecule has 0 radical (unpaired) electrons. The summed E-state index contributed by atoms with van der Waals surface area (Å²) in [7, 11) is 0.